The van der Waals surface area contributed by atoms with Crippen LogP contribution >= 0.6 is 11.6 Å². The Balaban J connectivity index is 1.29. The number of halogens is 1. The maximum Gasteiger partial charge on any atom is 0.241 e. The number of methoxy groups -OCH3 is 1. The number of nitrogens with zero attached hydrogens (tertiary/aromatic N) is 4. The summed E-state index contributed by atoms with van der Waals surface area (Å²) in [5, 5.41) is 4.47. The van der Waals surface area contributed by atoms with Gasteiger partial charge < -0.3 is 14.2 Å². The molecule has 1 saturated heterocycles. The molecule has 1 amide bonds. The number of piperazine rings is 1. The van der Waals surface area contributed by atoms with Gasteiger partial charge in [0.2, 0.25) is 17.6 Å². The molecule has 0 radical (unpaired) electrons. The molecule has 0 N–H and O–H groups in total. The Morgan fingerprint density at radius 1 is 1.06 bits per heavy atom. The second-order valence-corrected chi connectivity index (χ2v) is 10.0. The number of carbonyl (C=O) groups is 1. The Bertz CT molecular complexity index is 1200. The molecule has 174 valence electrons. The van der Waals surface area contributed by atoms with Crippen molar-refractivity contribution < 1.29 is 22.5 Å². The van der Waals surface area contributed by atoms with Crippen molar-refractivity contribution in [2.45, 2.75) is 11.4 Å². The second kappa shape index (κ2) is 9.90. The molecule has 2 aromatic carbocycles. The van der Waals surface area contributed by atoms with Gasteiger partial charge in [0.05, 0.1) is 18.6 Å². The highest BCUT2D eigenvalue weighted by Gasteiger charge is 2.27. The molecule has 33 heavy (non-hydrogen) atoms. The summed E-state index contributed by atoms with van der Waals surface area (Å²) in [6.45, 7) is 2.46. The molecule has 0 unspecified atom stereocenters. The van der Waals surface area contributed by atoms with E-state index in [0.29, 0.717) is 49.5 Å². The summed E-state index contributed by atoms with van der Waals surface area (Å²) in [6.07, 6.45) is 0. The molecule has 11 heteroatoms. The van der Waals surface area contributed by atoms with E-state index in [2.05, 4.69) is 15.0 Å². The number of hydrogen-bond acceptors (Lipinski definition) is 8. The van der Waals surface area contributed by atoms with E-state index in [4.69, 9.17) is 20.9 Å². The minimum Gasteiger partial charge on any atom is -0.497 e. The fourth-order valence-corrected chi connectivity index (χ4v) is 4.85. The van der Waals surface area contributed by atoms with Crippen molar-refractivity contribution >= 4 is 27.3 Å². The fourth-order valence-electron chi connectivity index (χ4n) is 3.50. The molecule has 3 aromatic rings. The summed E-state index contributed by atoms with van der Waals surface area (Å²) in [6, 6.07) is 13.2. The lowest BCUT2D eigenvalue weighted by molar-refractivity contribution is -0.130. The lowest BCUT2D eigenvalue weighted by Gasteiger charge is -2.33. The number of amides is 1. The van der Waals surface area contributed by atoms with E-state index in [1.807, 2.05) is 24.3 Å². The van der Waals surface area contributed by atoms with E-state index in [1.165, 1.54) is 24.3 Å². The van der Waals surface area contributed by atoms with Crippen molar-refractivity contribution in [3.05, 3.63) is 59.4 Å². The minimum atomic E-state index is -3.72. The molecule has 1 aliphatic rings. The fraction of sp³-hybridized carbons (Fsp3) is 0.318. The van der Waals surface area contributed by atoms with E-state index in [1.54, 1.807) is 12.0 Å². The number of benzene rings is 2. The normalized spacial score (nSPS) is 14.9. The van der Waals surface area contributed by atoms with Crippen molar-refractivity contribution in [2.75, 3.05) is 39.0 Å². The van der Waals surface area contributed by atoms with Gasteiger partial charge in [0.1, 0.15) is 11.5 Å². The minimum absolute atomic E-state index is 0.0861. The molecule has 4 rings (SSSR count). The molecule has 1 aliphatic heterocycles. The van der Waals surface area contributed by atoms with Gasteiger partial charge >= 0.3 is 0 Å². The van der Waals surface area contributed by atoms with Crippen LogP contribution in [0.25, 0.3) is 11.4 Å². The van der Waals surface area contributed by atoms with Crippen molar-refractivity contribution in [2.24, 2.45) is 0 Å². The van der Waals surface area contributed by atoms with Crippen LogP contribution in [0.1, 0.15) is 5.89 Å². The lowest BCUT2D eigenvalue weighted by Crippen LogP contribution is -2.49. The average Bonchev–Trinajstić information content (AvgIpc) is 3.28. The van der Waals surface area contributed by atoms with Gasteiger partial charge in [-0.25, -0.2) is 8.42 Å². The first-order valence-electron chi connectivity index (χ1n) is 10.3. The monoisotopic (exact) mass is 490 g/mol. The van der Waals surface area contributed by atoms with Gasteiger partial charge in [0.25, 0.3) is 0 Å². The van der Waals surface area contributed by atoms with Gasteiger partial charge in [-0.15, -0.1) is 0 Å². The van der Waals surface area contributed by atoms with Gasteiger partial charge in [-0.2, -0.15) is 4.98 Å². The van der Waals surface area contributed by atoms with Crippen LogP contribution in [0.4, 0.5) is 0 Å². The Kier molecular flexibility index (Phi) is 6.96. The van der Waals surface area contributed by atoms with Crippen molar-refractivity contribution in [1.82, 2.24) is 19.9 Å². The molecule has 1 aromatic heterocycles. The van der Waals surface area contributed by atoms with Crippen molar-refractivity contribution in [1.29, 1.82) is 0 Å². The highest BCUT2D eigenvalue weighted by atomic mass is 35.5. The molecule has 0 saturated carbocycles. The van der Waals surface area contributed by atoms with Crippen LogP contribution in [0.3, 0.4) is 0 Å². The van der Waals surface area contributed by atoms with E-state index in [-0.39, 0.29) is 4.90 Å². The molecule has 0 atom stereocenters. The molecule has 1 fully saturated rings. The van der Waals surface area contributed by atoms with Crippen LogP contribution in [0.2, 0.25) is 5.02 Å². The third-order valence-electron chi connectivity index (χ3n) is 5.39. The smallest absolute Gasteiger partial charge is 0.241 e. The summed E-state index contributed by atoms with van der Waals surface area (Å²) in [5.41, 5.74) is 0.822. The summed E-state index contributed by atoms with van der Waals surface area (Å²) >= 11 is 5.81. The van der Waals surface area contributed by atoms with Gasteiger partial charge in [-0.1, -0.05) is 16.8 Å². The zero-order valence-corrected chi connectivity index (χ0v) is 19.6. The third kappa shape index (κ3) is 5.70. The van der Waals surface area contributed by atoms with Crippen molar-refractivity contribution in [3.63, 3.8) is 0 Å². The second-order valence-electron chi connectivity index (χ2n) is 7.61. The molecule has 0 aliphatic carbocycles. The number of sulfone groups is 1. The van der Waals surface area contributed by atoms with Gasteiger partial charge in [-0.3, -0.25) is 9.69 Å². The van der Waals surface area contributed by atoms with E-state index < -0.39 is 21.5 Å². The molecule has 2 heterocycles. The van der Waals surface area contributed by atoms with Crippen LogP contribution in [0, 0.1) is 0 Å². The van der Waals surface area contributed by atoms with Crippen LogP contribution in [-0.2, 0) is 21.2 Å². The van der Waals surface area contributed by atoms with Gasteiger partial charge in [-0.05, 0) is 48.5 Å². The summed E-state index contributed by atoms with van der Waals surface area (Å²) in [5.74, 6) is 0.739. The first-order chi connectivity index (χ1) is 15.8. The standard InChI is InChI=1S/C22H23ClN4O5S/c1-31-18-6-2-16(3-7-18)22-24-20(32-25-22)14-26-10-12-27(13-11-26)21(28)15-33(29,30)19-8-4-17(23)5-9-19/h2-9H,10-15H2,1H3. The van der Waals surface area contributed by atoms with E-state index in [0.717, 1.165) is 11.3 Å². The van der Waals surface area contributed by atoms with Crippen LogP contribution in [-0.4, -0.2) is 73.3 Å². The molecule has 0 spiro atoms. The molecular weight excluding hydrogens is 468 g/mol. The Morgan fingerprint density at radius 3 is 2.36 bits per heavy atom. The molecular formula is C22H23ClN4O5S. The van der Waals surface area contributed by atoms with Crippen LogP contribution < -0.4 is 4.74 Å². The molecule has 9 nitrogen and oxygen atoms in total. The largest absolute Gasteiger partial charge is 0.497 e. The average molecular weight is 491 g/mol. The third-order valence-corrected chi connectivity index (χ3v) is 7.26. The highest BCUT2D eigenvalue weighted by molar-refractivity contribution is 7.92. The zero-order valence-electron chi connectivity index (χ0n) is 18.0. The Morgan fingerprint density at radius 2 is 1.73 bits per heavy atom. The maximum atomic E-state index is 12.6. The number of ether oxygens (including phenoxy) is 1. The van der Waals surface area contributed by atoms with Gasteiger partial charge in [0, 0.05) is 36.8 Å². The summed E-state index contributed by atoms with van der Waals surface area (Å²) < 4.78 is 35.6. The maximum absolute atomic E-state index is 12.6. The Hall–Kier alpha value is -2.95. The zero-order chi connectivity index (χ0) is 23.4. The first-order valence-corrected chi connectivity index (χ1v) is 12.3. The number of rotatable bonds is 7. The lowest BCUT2D eigenvalue weighted by atomic mass is 10.2. The predicted octanol–water partition coefficient (Wildman–Crippen LogP) is 2.52. The number of aromatic nitrogens is 2. The van der Waals surface area contributed by atoms with Crippen LogP contribution in [0.15, 0.2) is 57.9 Å². The van der Waals surface area contributed by atoms with Gasteiger partial charge in [0.15, 0.2) is 9.84 Å². The van der Waals surface area contributed by atoms with Crippen LogP contribution in [0.5, 0.6) is 5.75 Å². The van der Waals surface area contributed by atoms with E-state index >= 15 is 0 Å². The highest BCUT2D eigenvalue weighted by Crippen LogP contribution is 2.20. The number of carbonyl (C=O) groups excluding carboxylic acids is 1. The summed E-state index contributed by atoms with van der Waals surface area (Å²) in [4.78, 5) is 20.8. The topological polar surface area (TPSA) is 106 Å². The first kappa shape index (κ1) is 23.2. The quantitative estimate of drug-likeness (QED) is 0.497. The number of hydrogen-bond donors (Lipinski definition) is 0. The van der Waals surface area contributed by atoms with Crippen molar-refractivity contribution in [3.8, 4) is 17.1 Å². The summed E-state index contributed by atoms with van der Waals surface area (Å²) in [7, 11) is -2.12. The molecule has 0 bridgehead atoms. The SMILES string of the molecule is COc1ccc(-c2noc(CN3CCN(C(=O)CS(=O)(=O)c4ccc(Cl)cc4)CC3)n2)cc1. The predicted molar refractivity (Wildman–Crippen MR) is 122 cm³/mol. The van der Waals surface area contributed by atoms with E-state index in [9.17, 15) is 13.2 Å². The Labute approximate surface area is 196 Å².